The van der Waals surface area contributed by atoms with E-state index in [0.29, 0.717) is 11.1 Å². The lowest BCUT2D eigenvalue weighted by Gasteiger charge is -2.27. The van der Waals surface area contributed by atoms with Gasteiger partial charge in [0, 0.05) is 21.5 Å². The van der Waals surface area contributed by atoms with Crippen LogP contribution >= 0.6 is 0 Å². The predicted octanol–water partition coefficient (Wildman–Crippen LogP) is 8.92. The quantitative estimate of drug-likeness (QED) is 0.231. The molecule has 0 amide bonds. The van der Waals surface area contributed by atoms with Crippen molar-refractivity contribution in [1.82, 2.24) is 9.13 Å². The summed E-state index contributed by atoms with van der Waals surface area (Å²) in [7, 11) is 0. The largest absolute Gasteiger partial charge is 0.308 e. The van der Waals surface area contributed by atoms with Crippen LogP contribution in [0.5, 0.6) is 0 Å². The Morgan fingerprint density at radius 1 is 0.500 bits per heavy atom. The van der Waals surface area contributed by atoms with Crippen LogP contribution in [0.15, 0.2) is 103 Å². The number of aromatic nitrogens is 2. The van der Waals surface area contributed by atoms with Crippen molar-refractivity contribution < 1.29 is 0 Å². The molecule has 0 bridgehead atoms. The number of benzene rings is 5. The van der Waals surface area contributed by atoms with Gasteiger partial charge in [-0.3, -0.25) is 0 Å². The number of hydrogen-bond acceptors (Lipinski definition) is 2. The first-order chi connectivity index (χ1) is 19.4. The van der Waals surface area contributed by atoms with E-state index < -0.39 is 5.41 Å². The maximum absolute atomic E-state index is 10.7. The van der Waals surface area contributed by atoms with Gasteiger partial charge >= 0.3 is 0 Å². The Morgan fingerprint density at radius 3 is 1.07 bits per heavy atom. The van der Waals surface area contributed by atoms with E-state index in [1.165, 1.54) is 0 Å². The van der Waals surface area contributed by atoms with Crippen molar-refractivity contribution in [1.29, 1.82) is 10.5 Å². The molecule has 7 rings (SSSR count). The average molecular weight is 515 g/mol. The van der Waals surface area contributed by atoms with Crippen molar-refractivity contribution in [2.45, 2.75) is 26.2 Å². The summed E-state index contributed by atoms with van der Waals surface area (Å²) in [4.78, 5) is 0. The van der Waals surface area contributed by atoms with Gasteiger partial charge in [0.25, 0.3) is 0 Å². The molecule has 5 aromatic carbocycles. The van der Waals surface area contributed by atoms with Crippen LogP contribution in [0.25, 0.3) is 55.0 Å². The number of nitrogens with zero attached hydrogens (tertiary/aromatic N) is 4. The zero-order chi connectivity index (χ0) is 27.6. The molecular formula is C36H26N4. The highest BCUT2D eigenvalue weighted by atomic mass is 15.0. The summed E-state index contributed by atoms with van der Waals surface area (Å²) in [5.41, 5.74) is 7.01. The van der Waals surface area contributed by atoms with Crippen LogP contribution in [-0.2, 0) is 5.41 Å². The predicted molar refractivity (Wildman–Crippen MR) is 163 cm³/mol. The molecule has 0 aliphatic heterocycles. The monoisotopic (exact) mass is 514 g/mol. The van der Waals surface area contributed by atoms with E-state index in [2.05, 4.69) is 90.6 Å². The molecule has 0 N–H and O–H groups in total. The van der Waals surface area contributed by atoms with Gasteiger partial charge in [-0.05, 0) is 41.3 Å². The van der Waals surface area contributed by atoms with Gasteiger partial charge in [0.15, 0.2) is 0 Å². The highest BCUT2D eigenvalue weighted by Gasteiger charge is 2.30. The van der Waals surface area contributed by atoms with Crippen LogP contribution in [-0.4, -0.2) is 9.13 Å². The maximum atomic E-state index is 10.7. The van der Waals surface area contributed by atoms with Gasteiger partial charge in [-0.15, -0.1) is 0 Å². The Morgan fingerprint density at radius 2 is 0.800 bits per heavy atom. The van der Waals surface area contributed by atoms with Gasteiger partial charge in [0.2, 0.25) is 0 Å². The molecule has 7 aromatic rings. The maximum Gasteiger partial charge on any atom is 0.102 e. The summed E-state index contributed by atoms with van der Waals surface area (Å²) in [6, 6.07) is 40.4. The van der Waals surface area contributed by atoms with Crippen molar-refractivity contribution in [3.05, 3.63) is 120 Å². The lowest BCUT2D eigenvalue weighted by molar-refractivity contribution is 0.586. The molecular weight excluding hydrogens is 488 g/mol. The van der Waals surface area contributed by atoms with E-state index >= 15 is 0 Å². The highest BCUT2D eigenvalue weighted by molar-refractivity contribution is 6.11. The van der Waals surface area contributed by atoms with E-state index in [4.69, 9.17) is 0 Å². The highest BCUT2D eigenvalue weighted by Crippen LogP contribution is 2.42. The first-order valence-corrected chi connectivity index (χ1v) is 13.4. The minimum absolute atomic E-state index is 0.460. The van der Waals surface area contributed by atoms with Gasteiger partial charge in [-0.25, -0.2) is 0 Å². The third-order valence-electron chi connectivity index (χ3n) is 7.90. The van der Waals surface area contributed by atoms with Crippen LogP contribution in [0.3, 0.4) is 0 Å². The third kappa shape index (κ3) is 3.24. The SMILES string of the molecule is CC(C)(C)c1c(C#N)c(-n2c3ccccc3c3ccccc32)cc(-n2c3ccccc3c3ccccc32)c1C#N. The summed E-state index contributed by atoms with van der Waals surface area (Å²) in [6.45, 7) is 6.24. The molecule has 2 heterocycles. The van der Waals surface area contributed by atoms with E-state index in [0.717, 1.165) is 60.5 Å². The third-order valence-corrected chi connectivity index (χ3v) is 7.90. The molecule has 4 nitrogen and oxygen atoms in total. The van der Waals surface area contributed by atoms with E-state index in [1.807, 2.05) is 54.6 Å². The molecule has 0 saturated carbocycles. The van der Waals surface area contributed by atoms with Crippen molar-refractivity contribution in [2.75, 3.05) is 0 Å². The number of hydrogen-bond donors (Lipinski definition) is 0. The smallest absolute Gasteiger partial charge is 0.102 e. The molecule has 40 heavy (non-hydrogen) atoms. The molecule has 0 spiro atoms. The van der Waals surface area contributed by atoms with Crippen molar-refractivity contribution in [2.24, 2.45) is 0 Å². The summed E-state index contributed by atoms with van der Waals surface area (Å²) in [5.74, 6) is 0. The number of rotatable bonds is 2. The lowest BCUT2D eigenvalue weighted by Crippen LogP contribution is -2.19. The number of nitriles is 2. The van der Waals surface area contributed by atoms with Crippen LogP contribution in [0.4, 0.5) is 0 Å². The Kier molecular flexibility index (Phi) is 5.11. The molecule has 2 aromatic heterocycles. The van der Waals surface area contributed by atoms with Gasteiger partial charge in [-0.1, -0.05) is 93.6 Å². The second-order valence-electron chi connectivity index (χ2n) is 11.3. The lowest BCUT2D eigenvalue weighted by atomic mass is 9.79. The molecule has 0 aliphatic rings. The van der Waals surface area contributed by atoms with E-state index in [-0.39, 0.29) is 0 Å². The Bertz CT molecular complexity index is 1970. The topological polar surface area (TPSA) is 57.4 Å². The number of fused-ring (bicyclic) bond motifs is 6. The van der Waals surface area contributed by atoms with Crippen LogP contribution < -0.4 is 0 Å². The molecule has 4 heteroatoms. The molecule has 0 fully saturated rings. The van der Waals surface area contributed by atoms with Crippen LogP contribution in [0.1, 0.15) is 37.5 Å². The van der Waals surface area contributed by atoms with Crippen molar-refractivity contribution in [3.63, 3.8) is 0 Å². The molecule has 0 aliphatic carbocycles. The molecule has 0 unspecified atom stereocenters. The zero-order valence-corrected chi connectivity index (χ0v) is 22.6. The van der Waals surface area contributed by atoms with Gasteiger partial charge in [0.1, 0.15) is 12.1 Å². The second kappa shape index (κ2) is 8.60. The summed E-state index contributed by atoms with van der Waals surface area (Å²) >= 11 is 0. The first kappa shape index (κ1) is 23.8. The molecule has 190 valence electrons. The Balaban J connectivity index is 1.74. The van der Waals surface area contributed by atoms with Crippen molar-refractivity contribution >= 4 is 43.6 Å². The Hall–Kier alpha value is -5.32. The fourth-order valence-electron chi connectivity index (χ4n) is 6.35. The van der Waals surface area contributed by atoms with Crippen LogP contribution in [0.2, 0.25) is 0 Å². The minimum atomic E-state index is -0.460. The molecule has 0 radical (unpaired) electrons. The fourth-order valence-corrected chi connectivity index (χ4v) is 6.35. The summed E-state index contributed by atoms with van der Waals surface area (Å²) in [6.07, 6.45) is 0. The van der Waals surface area contributed by atoms with E-state index in [1.54, 1.807) is 0 Å². The fraction of sp³-hybridized carbons (Fsp3) is 0.111. The molecule has 0 atom stereocenters. The zero-order valence-electron chi connectivity index (χ0n) is 22.6. The van der Waals surface area contributed by atoms with E-state index in [9.17, 15) is 10.5 Å². The number of para-hydroxylation sites is 4. The van der Waals surface area contributed by atoms with Gasteiger partial charge in [0.05, 0.1) is 44.6 Å². The molecule has 0 saturated heterocycles. The van der Waals surface area contributed by atoms with Crippen molar-refractivity contribution in [3.8, 4) is 23.5 Å². The Labute approximate surface area is 232 Å². The van der Waals surface area contributed by atoms with Gasteiger partial charge < -0.3 is 9.13 Å². The first-order valence-electron chi connectivity index (χ1n) is 13.4. The summed E-state index contributed by atoms with van der Waals surface area (Å²) in [5, 5.41) is 25.9. The summed E-state index contributed by atoms with van der Waals surface area (Å²) < 4.78 is 4.38. The minimum Gasteiger partial charge on any atom is -0.308 e. The standard InChI is InChI=1S/C36H26N4/c1-36(2,3)35-27(21-37)33(39-29-16-8-4-12-23(29)24-13-5-9-17-30(24)39)20-34(28(35)22-38)40-31-18-10-6-14-25(31)26-15-7-11-19-32(26)40/h4-20H,1-3H3. The normalized spacial score (nSPS) is 11.8. The second-order valence-corrected chi connectivity index (χ2v) is 11.3. The van der Waals surface area contributed by atoms with Gasteiger partial charge in [-0.2, -0.15) is 10.5 Å². The van der Waals surface area contributed by atoms with Crippen LogP contribution in [0, 0.1) is 22.7 Å². The average Bonchev–Trinajstić information content (AvgIpc) is 3.48.